The Kier molecular flexibility index (Phi) is 3.50. The van der Waals surface area contributed by atoms with E-state index in [0.717, 1.165) is 11.3 Å². The fraction of sp³-hybridized carbons (Fsp3) is 0.0909. The number of aryl methyl sites for hydroxylation is 1. The van der Waals surface area contributed by atoms with Crippen molar-refractivity contribution in [3.05, 3.63) is 35.1 Å². The molecule has 0 fully saturated rings. The van der Waals surface area contributed by atoms with Crippen LogP contribution in [-0.4, -0.2) is 9.97 Å². The molecule has 94 valence electrons. The van der Waals surface area contributed by atoms with Gasteiger partial charge in [-0.15, -0.1) is 0 Å². The maximum Gasteiger partial charge on any atom is 0.168 e. The van der Waals surface area contributed by atoms with Crippen molar-refractivity contribution in [3.8, 4) is 0 Å². The lowest BCUT2D eigenvalue weighted by molar-refractivity contribution is 1.14. The molecule has 0 aliphatic carbocycles. The largest absolute Gasteiger partial charge is 0.393 e. The van der Waals surface area contributed by atoms with E-state index in [9.17, 15) is 0 Å². The molecule has 18 heavy (non-hydrogen) atoms. The first kappa shape index (κ1) is 12.4. The molecule has 0 spiro atoms. The lowest BCUT2D eigenvalue weighted by Gasteiger charge is -2.11. The summed E-state index contributed by atoms with van der Waals surface area (Å²) in [6, 6.07) is 5.59. The van der Waals surface area contributed by atoms with Crippen LogP contribution < -0.4 is 22.3 Å². The molecular weight excluding hydrogens is 252 g/mol. The molecule has 0 atom stereocenters. The van der Waals surface area contributed by atoms with Crippen molar-refractivity contribution >= 4 is 34.6 Å². The van der Waals surface area contributed by atoms with Gasteiger partial charge in [-0.1, -0.05) is 17.7 Å². The Morgan fingerprint density at radius 1 is 1.22 bits per heavy atom. The van der Waals surface area contributed by atoms with E-state index in [1.54, 1.807) is 6.07 Å². The third-order valence-corrected chi connectivity index (χ3v) is 2.86. The Morgan fingerprint density at radius 3 is 2.61 bits per heavy atom. The highest BCUT2D eigenvalue weighted by atomic mass is 35.5. The van der Waals surface area contributed by atoms with Gasteiger partial charge < -0.3 is 16.5 Å². The summed E-state index contributed by atoms with van der Waals surface area (Å²) in [5.74, 6) is 6.12. The molecule has 2 rings (SSSR count). The molecule has 7 heteroatoms. The summed E-state index contributed by atoms with van der Waals surface area (Å²) < 4.78 is 0. The van der Waals surface area contributed by atoms with Crippen LogP contribution in [0.2, 0.25) is 5.02 Å². The topological polar surface area (TPSA) is 102 Å². The van der Waals surface area contributed by atoms with Crippen LogP contribution in [-0.2, 0) is 0 Å². The van der Waals surface area contributed by atoms with Crippen molar-refractivity contribution in [1.29, 1.82) is 0 Å². The molecular formula is C11H13ClN6. The minimum Gasteiger partial charge on any atom is -0.393 e. The zero-order chi connectivity index (χ0) is 13.1. The van der Waals surface area contributed by atoms with Crippen LogP contribution in [0, 0.1) is 6.92 Å². The van der Waals surface area contributed by atoms with E-state index in [1.165, 1.54) is 6.33 Å². The smallest absolute Gasteiger partial charge is 0.168 e. The van der Waals surface area contributed by atoms with Gasteiger partial charge >= 0.3 is 0 Å². The fourth-order valence-electron chi connectivity index (χ4n) is 1.42. The number of hydrazine groups is 1. The van der Waals surface area contributed by atoms with E-state index in [1.807, 2.05) is 19.1 Å². The number of halogens is 1. The number of anilines is 4. The van der Waals surface area contributed by atoms with Gasteiger partial charge in [-0.25, -0.2) is 15.8 Å². The van der Waals surface area contributed by atoms with Crippen LogP contribution in [0.25, 0.3) is 0 Å². The lowest BCUT2D eigenvalue weighted by Crippen LogP contribution is -2.12. The van der Waals surface area contributed by atoms with Gasteiger partial charge in [0.05, 0.1) is 0 Å². The molecule has 0 unspecified atom stereocenters. The minimum absolute atomic E-state index is 0.344. The van der Waals surface area contributed by atoms with Crippen LogP contribution in [0.15, 0.2) is 24.5 Å². The summed E-state index contributed by atoms with van der Waals surface area (Å²) in [5.41, 5.74) is 10.4. The van der Waals surface area contributed by atoms with Crippen LogP contribution in [0.3, 0.4) is 0 Å². The molecule has 0 saturated heterocycles. The fourth-order valence-corrected chi connectivity index (χ4v) is 1.60. The zero-order valence-electron chi connectivity index (χ0n) is 9.74. The normalized spacial score (nSPS) is 10.2. The van der Waals surface area contributed by atoms with Crippen molar-refractivity contribution in [2.75, 3.05) is 16.5 Å². The van der Waals surface area contributed by atoms with Crippen molar-refractivity contribution < 1.29 is 0 Å². The zero-order valence-corrected chi connectivity index (χ0v) is 10.5. The predicted octanol–water partition coefficient (Wildman–Crippen LogP) is 2.05. The molecule has 0 aliphatic rings. The second kappa shape index (κ2) is 5.07. The SMILES string of the molecule is Cc1ccc(Nc2ncnc(NN)c2N)cc1Cl. The maximum atomic E-state index is 6.04. The van der Waals surface area contributed by atoms with Gasteiger partial charge in [-0.05, 0) is 24.6 Å². The highest BCUT2D eigenvalue weighted by Gasteiger charge is 2.07. The van der Waals surface area contributed by atoms with E-state index in [4.69, 9.17) is 23.2 Å². The Balaban J connectivity index is 2.31. The average Bonchev–Trinajstić information content (AvgIpc) is 2.36. The van der Waals surface area contributed by atoms with Crippen molar-refractivity contribution in [1.82, 2.24) is 9.97 Å². The van der Waals surface area contributed by atoms with Gasteiger partial charge in [0.2, 0.25) is 0 Å². The first-order chi connectivity index (χ1) is 8.61. The Morgan fingerprint density at radius 2 is 1.94 bits per heavy atom. The monoisotopic (exact) mass is 264 g/mol. The molecule has 0 bridgehead atoms. The van der Waals surface area contributed by atoms with Crippen molar-refractivity contribution in [2.24, 2.45) is 5.84 Å². The van der Waals surface area contributed by atoms with Gasteiger partial charge in [0.25, 0.3) is 0 Å². The molecule has 6 N–H and O–H groups in total. The minimum atomic E-state index is 0.344. The molecule has 2 aromatic rings. The molecule has 0 amide bonds. The highest BCUT2D eigenvalue weighted by molar-refractivity contribution is 6.31. The summed E-state index contributed by atoms with van der Waals surface area (Å²) >= 11 is 6.04. The number of nitrogens with one attached hydrogen (secondary N) is 2. The Hall–Kier alpha value is -2.05. The average molecular weight is 265 g/mol. The number of hydrogen-bond donors (Lipinski definition) is 4. The number of nitrogens with zero attached hydrogens (tertiary/aromatic N) is 2. The molecule has 0 aliphatic heterocycles. The summed E-state index contributed by atoms with van der Waals surface area (Å²) in [6.45, 7) is 1.93. The molecule has 0 saturated carbocycles. The number of rotatable bonds is 3. The van der Waals surface area contributed by atoms with Crippen LogP contribution in [0.1, 0.15) is 5.56 Å². The Bertz CT molecular complexity index is 571. The van der Waals surface area contributed by atoms with Gasteiger partial charge in [-0.3, -0.25) is 0 Å². The van der Waals surface area contributed by atoms with Crippen molar-refractivity contribution in [3.63, 3.8) is 0 Å². The number of aromatic nitrogens is 2. The second-order valence-electron chi connectivity index (χ2n) is 3.72. The van der Waals surface area contributed by atoms with Gasteiger partial charge in [0.15, 0.2) is 11.6 Å². The predicted molar refractivity (Wildman–Crippen MR) is 73.7 cm³/mol. The summed E-state index contributed by atoms with van der Waals surface area (Å²) in [6.07, 6.45) is 1.36. The highest BCUT2D eigenvalue weighted by Crippen LogP contribution is 2.27. The summed E-state index contributed by atoms with van der Waals surface area (Å²) in [7, 11) is 0. The van der Waals surface area contributed by atoms with Crippen LogP contribution in [0.4, 0.5) is 23.0 Å². The molecule has 1 aromatic carbocycles. The van der Waals surface area contributed by atoms with E-state index in [-0.39, 0.29) is 0 Å². The standard InChI is InChI=1S/C11H13ClN6/c1-6-2-3-7(4-8(6)12)17-10-9(13)11(18-14)16-5-15-10/h2-5H,13-14H2,1H3,(H2,15,16,17,18). The molecule has 1 heterocycles. The number of nitrogens with two attached hydrogens (primary N) is 2. The van der Waals surface area contributed by atoms with Crippen LogP contribution >= 0.6 is 11.6 Å². The van der Waals surface area contributed by atoms with Gasteiger partial charge in [-0.2, -0.15) is 0 Å². The number of benzene rings is 1. The second-order valence-corrected chi connectivity index (χ2v) is 4.13. The van der Waals surface area contributed by atoms with E-state index < -0.39 is 0 Å². The molecule has 1 aromatic heterocycles. The van der Waals surface area contributed by atoms with Gasteiger partial charge in [0, 0.05) is 10.7 Å². The quantitative estimate of drug-likeness (QED) is 0.500. The summed E-state index contributed by atoms with van der Waals surface area (Å²) in [5, 5.41) is 3.73. The summed E-state index contributed by atoms with van der Waals surface area (Å²) in [4.78, 5) is 7.94. The third kappa shape index (κ3) is 2.44. The van der Waals surface area contributed by atoms with E-state index in [2.05, 4.69) is 20.7 Å². The first-order valence-electron chi connectivity index (χ1n) is 5.22. The van der Waals surface area contributed by atoms with Crippen molar-refractivity contribution in [2.45, 2.75) is 6.92 Å². The third-order valence-electron chi connectivity index (χ3n) is 2.46. The lowest BCUT2D eigenvalue weighted by atomic mass is 10.2. The number of hydrogen-bond acceptors (Lipinski definition) is 6. The van der Waals surface area contributed by atoms with Crippen LogP contribution in [0.5, 0.6) is 0 Å². The van der Waals surface area contributed by atoms with Gasteiger partial charge in [0.1, 0.15) is 12.0 Å². The maximum absolute atomic E-state index is 6.04. The molecule has 6 nitrogen and oxygen atoms in total. The number of nitrogen functional groups attached to an aromatic ring is 2. The molecule has 0 radical (unpaired) electrons. The van der Waals surface area contributed by atoms with E-state index in [0.29, 0.717) is 22.3 Å². The van der Waals surface area contributed by atoms with E-state index >= 15 is 0 Å². The first-order valence-corrected chi connectivity index (χ1v) is 5.60. The Labute approximate surface area is 109 Å².